The molecule has 6 nitrogen and oxygen atoms in total. The lowest BCUT2D eigenvalue weighted by Gasteiger charge is -2.47. The molecule has 1 saturated carbocycles. The number of likely N-dealkylation sites (tertiary alicyclic amines) is 2. The standard InChI is InChI=1S/C20H26N2O4S/c1-13-3-7-16(27(2,25)26)11-17(13)20(24)21-10-9-18-14(12-21)4-8-19(23)22(18)15-5-6-15/h3,7,11,14-15,18H,4-6,8-10,12H2,1-2H3/t14-,18+/m0/s1. The molecule has 2 aliphatic heterocycles. The summed E-state index contributed by atoms with van der Waals surface area (Å²) >= 11 is 0. The van der Waals surface area contributed by atoms with Gasteiger partial charge in [0.2, 0.25) is 5.91 Å². The molecule has 7 heteroatoms. The third-order valence-corrected chi connectivity index (χ3v) is 7.27. The molecule has 3 aliphatic rings. The van der Waals surface area contributed by atoms with E-state index in [1.54, 1.807) is 12.1 Å². The minimum Gasteiger partial charge on any atom is -0.338 e. The van der Waals surface area contributed by atoms with Gasteiger partial charge in [0.1, 0.15) is 0 Å². The molecular weight excluding hydrogens is 364 g/mol. The number of carbonyl (C=O) groups excluding carboxylic acids is 2. The van der Waals surface area contributed by atoms with E-state index in [9.17, 15) is 18.0 Å². The van der Waals surface area contributed by atoms with Crippen molar-refractivity contribution in [3.63, 3.8) is 0 Å². The fourth-order valence-corrected chi connectivity index (χ4v) is 5.18. The number of hydrogen-bond acceptors (Lipinski definition) is 4. The zero-order chi connectivity index (χ0) is 19.3. The highest BCUT2D eigenvalue weighted by Crippen LogP contribution is 2.39. The van der Waals surface area contributed by atoms with Gasteiger partial charge >= 0.3 is 0 Å². The van der Waals surface area contributed by atoms with E-state index in [-0.39, 0.29) is 22.8 Å². The normalized spacial score (nSPS) is 26.1. The first kappa shape index (κ1) is 18.5. The Morgan fingerprint density at radius 3 is 2.56 bits per heavy atom. The zero-order valence-corrected chi connectivity index (χ0v) is 16.7. The molecule has 1 aromatic carbocycles. The highest BCUT2D eigenvalue weighted by atomic mass is 32.2. The quantitative estimate of drug-likeness (QED) is 0.791. The number of amides is 2. The third-order valence-electron chi connectivity index (χ3n) is 6.16. The summed E-state index contributed by atoms with van der Waals surface area (Å²) < 4.78 is 23.7. The largest absolute Gasteiger partial charge is 0.338 e. The molecule has 2 heterocycles. The molecule has 0 bridgehead atoms. The van der Waals surface area contributed by atoms with Crippen LogP contribution in [-0.2, 0) is 14.6 Å². The minimum absolute atomic E-state index is 0.105. The summed E-state index contributed by atoms with van der Waals surface area (Å²) in [6.07, 6.45) is 5.58. The van der Waals surface area contributed by atoms with E-state index in [1.807, 2.05) is 11.8 Å². The molecule has 1 aliphatic carbocycles. The van der Waals surface area contributed by atoms with Crippen LogP contribution in [0.1, 0.15) is 48.0 Å². The molecule has 0 unspecified atom stereocenters. The summed E-state index contributed by atoms with van der Waals surface area (Å²) in [4.78, 5) is 29.6. The molecule has 0 radical (unpaired) electrons. The SMILES string of the molecule is Cc1ccc(S(C)(=O)=O)cc1C(=O)N1CC[C@@H]2[C@@H](CCC(=O)N2C2CC2)C1. The average molecular weight is 391 g/mol. The van der Waals surface area contributed by atoms with E-state index in [1.165, 1.54) is 6.07 Å². The fourth-order valence-electron chi connectivity index (χ4n) is 4.54. The lowest BCUT2D eigenvalue weighted by Crippen LogP contribution is -2.57. The summed E-state index contributed by atoms with van der Waals surface area (Å²) in [5.41, 5.74) is 1.25. The molecule has 0 spiro atoms. The van der Waals surface area contributed by atoms with E-state index in [2.05, 4.69) is 4.90 Å². The molecule has 3 fully saturated rings. The van der Waals surface area contributed by atoms with Crippen molar-refractivity contribution in [1.29, 1.82) is 0 Å². The first-order valence-electron chi connectivity index (χ1n) is 9.67. The predicted octanol–water partition coefficient (Wildman–Crippen LogP) is 2.01. The van der Waals surface area contributed by atoms with Gasteiger partial charge in [-0.2, -0.15) is 0 Å². The van der Waals surface area contributed by atoms with Crippen LogP contribution < -0.4 is 0 Å². The molecule has 2 atom stereocenters. The Labute approximate surface area is 160 Å². The van der Waals surface area contributed by atoms with E-state index < -0.39 is 9.84 Å². The number of aryl methyl sites for hydroxylation is 1. The minimum atomic E-state index is -3.36. The molecule has 1 aromatic rings. The molecule has 146 valence electrons. The van der Waals surface area contributed by atoms with Gasteiger partial charge in [-0.05, 0) is 56.2 Å². The number of rotatable bonds is 3. The zero-order valence-electron chi connectivity index (χ0n) is 15.8. The van der Waals surface area contributed by atoms with Crippen LogP contribution in [0.2, 0.25) is 0 Å². The second kappa shape index (κ2) is 6.62. The van der Waals surface area contributed by atoms with E-state index in [4.69, 9.17) is 0 Å². The first-order chi connectivity index (χ1) is 12.8. The molecule has 4 rings (SSSR count). The van der Waals surface area contributed by atoms with Crippen LogP contribution in [0.15, 0.2) is 23.1 Å². The summed E-state index contributed by atoms with van der Waals surface area (Å²) in [6, 6.07) is 5.42. The van der Waals surface area contributed by atoms with Crippen molar-refractivity contribution in [2.45, 2.75) is 56.0 Å². The van der Waals surface area contributed by atoms with Gasteiger partial charge in [-0.25, -0.2) is 8.42 Å². The van der Waals surface area contributed by atoms with Crippen molar-refractivity contribution >= 4 is 21.7 Å². The molecule has 0 N–H and O–H groups in total. The highest BCUT2D eigenvalue weighted by molar-refractivity contribution is 7.90. The number of sulfone groups is 1. The molecule has 27 heavy (non-hydrogen) atoms. The molecular formula is C20H26N2O4S. The fraction of sp³-hybridized carbons (Fsp3) is 0.600. The highest BCUT2D eigenvalue weighted by Gasteiger charge is 2.45. The van der Waals surface area contributed by atoms with E-state index in [0.717, 1.165) is 37.5 Å². The Bertz CT molecular complexity index is 891. The molecule has 2 amide bonds. The van der Waals surface area contributed by atoms with Gasteiger partial charge in [-0.3, -0.25) is 9.59 Å². The van der Waals surface area contributed by atoms with Gasteiger partial charge in [0.15, 0.2) is 9.84 Å². The summed E-state index contributed by atoms with van der Waals surface area (Å²) in [5, 5.41) is 0. The van der Waals surface area contributed by atoms with Gasteiger partial charge in [0, 0.05) is 43.4 Å². The van der Waals surface area contributed by atoms with Crippen LogP contribution in [-0.4, -0.2) is 61.5 Å². The van der Waals surface area contributed by atoms with E-state index in [0.29, 0.717) is 37.0 Å². The monoisotopic (exact) mass is 390 g/mol. The number of fused-ring (bicyclic) bond motifs is 1. The number of benzene rings is 1. The Hall–Kier alpha value is -1.89. The summed E-state index contributed by atoms with van der Waals surface area (Å²) in [6.45, 7) is 3.09. The van der Waals surface area contributed by atoms with Crippen molar-refractivity contribution in [3.05, 3.63) is 29.3 Å². The predicted molar refractivity (Wildman–Crippen MR) is 101 cm³/mol. The topological polar surface area (TPSA) is 74.8 Å². The second-order valence-corrected chi connectivity index (χ2v) is 10.2. The number of carbonyl (C=O) groups is 2. The van der Waals surface area contributed by atoms with Gasteiger partial charge < -0.3 is 9.80 Å². The van der Waals surface area contributed by atoms with Crippen LogP contribution in [0, 0.1) is 12.8 Å². The third kappa shape index (κ3) is 3.49. The van der Waals surface area contributed by atoms with Gasteiger partial charge in [-0.1, -0.05) is 6.07 Å². The van der Waals surface area contributed by atoms with Crippen LogP contribution in [0.25, 0.3) is 0 Å². The maximum absolute atomic E-state index is 13.1. The van der Waals surface area contributed by atoms with Crippen LogP contribution in [0.3, 0.4) is 0 Å². The summed E-state index contributed by atoms with van der Waals surface area (Å²) in [7, 11) is -3.36. The van der Waals surface area contributed by atoms with Crippen molar-refractivity contribution in [2.75, 3.05) is 19.3 Å². The lowest BCUT2D eigenvalue weighted by atomic mass is 9.83. The Morgan fingerprint density at radius 2 is 1.89 bits per heavy atom. The number of nitrogens with zero attached hydrogens (tertiary/aromatic N) is 2. The molecule has 0 aromatic heterocycles. The number of piperidine rings is 2. The maximum Gasteiger partial charge on any atom is 0.254 e. The Balaban J connectivity index is 1.54. The van der Waals surface area contributed by atoms with Gasteiger partial charge in [0.05, 0.1) is 4.90 Å². The van der Waals surface area contributed by atoms with E-state index >= 15 is 0 Å². The first-order valence-corrected chi connectivity index (χ1v) is 11.6. The second-order valence-electron chi connectivity index (χ2n) is 8.19. The van der Waals surface area contributed by atoms with Crippen LogP contribution in [0.4, 0.5) is 0 Å². The van der Waals surface area contributed by atoms with Crippen molar-refractivity contribution in [3.8, 4) is 0 Å². The summed E-state index contributed by atoms with van der Waals surface area (Å²) in [5.74, 6) is 0.487. The van der Waals surface area contributed by atoms with Crippen LogP contribution in [0.5, 0.6) is 0 Å². The molecule has 2 saturated heterocycles. The van der Waals surface area contributed by atoms with Crippen molar-refractivity contribution in [2.24, 2.45) is 5.92 Å². The average Bonchev–Trinajstić information content (AvgIpc) is 3.45. The van der Waals surface area contributed by atoms with Crippen molar-refractivity contribution in [1.82, 2.24) is 9.80 Å². The maximum atomic E-state index is 13.1. The smallest absolute Gasteiger partial charge is 0.254 e. The Kier molecular flexibility index (Phi) is 4.53. The lowest BCUT2D eigenvalue weighted by molar-refractivity contribution is -0.141. The van der Waals surface area contributed by atoms with Gasteiger partial charge in [-0.15, -0.1) is 0 Å². The Morgan fingerprint density at radius 1 is 1.15 bits per heavy atom. The van der Waals surface area contributed by atoms with Crippen molar-refractivity contribution < 1.29 is 18.0 Å². The van der Waals surface area contributed by atoms with Gasteiger partial charge in [0.25, 0.3) is 5.91 Å². The van der Waals surface area contributed by atoms with Crippen LogP contribution >= 0.6 is 0 Å². The number of hydrogen-bond donors (Lipinski definition) is 0.